The van der Waals surface area contributed by atoms with E-state index in [4.69, 9.17) is 5.11 Å². The van der Waals surface area contributed by atoms with Crippen molar-refractivity contribution in [2.75, 3.05) is 32.8 Å². The van der Waals surface area contributed by atoms with Gasteiger partial charge in [0.1, 0.15) is 24.3 Å². The number of aliphatic hydroxyl groups is 1. The second-order valence-corrected chi connectivity index (χ2v) is 4.74. The Morgan fingerprint density at radius 3 is 2.25 bits per heavy atom. The summed E-state index contributed by atoms with van der Waals surface area (Å²) in [5.74, 6) is -5.68. The van der Waals surface area contributed by atoms with E-state index in [9.17, 15) is 17.6 Å². The molecule has 1 aromatic rings. The van der Waals surface area contributed by atoms with Crippen LogP contribution in [0.5, 0.6) is 0 Å². The molecule has 1 aromatic carbocycles. The minimum absolute atomic E-state index is 0.230. The van der Waals surface area contributed by atoms with Crippen LogP contribution in [-0.2, 0) is 0 Å². The molecular weight excluding hydrogens is 276 g/mol. The van der Waals surface area contributed by atoms with Crippen LogP contribution in [0.4, 0.5) is 17.6 Å². The molecule has 0 saturated carbocycles. The van der Waals surface area contributed by atoms with E-state index >= 15 is 0 Å². The molecule has 112 valence electrons. The van der Waals surface area contributed by atoms with Gasteiger partial charge in [-0.05, 0) is 12.1 Å². The number of nitrogens with zero attached hydrogens (tertiary/aromatic N) is 1. The topological polar surface area (TPSA) is 35.5 Å². The van der Waals surface area contributed by atoms with Crippen LogP contribution in [0.1, 0.15) is 11.6 Å². The summed E-state index contributed by atoms with van der Waals surface area (Å²) in [7, 11) is 0. The molecule has 1 heterocycles. The van der Waals surface area contributed by atoms with Gasteiger partial charge in [0.25, 0.3) is 5.92 Å². The molecule has 0 amide bonds. The molecule has 0 aromatic heterocycles. The maximum absolute atomic E-state index is 14.0. The highest BCUT2D eigenvalue weighted by molar-refractivity contribution is 5.26. The Bertz CT molecular complexity index is 443. The second kappa shape index (κ2) is 6.07. The summed E-state index contributed by atoms with van der Waals surface area (Å²) in [6.45, 7) is -0.0976. The molecule has 1 aliphatic rings. The Labute approximate surface area is 114 Å². The van der Waals surface area contributed by atoms with Crippen LogP contribution < -0.4 is 5.32 Å². The van der Waals surface area contributed by atoms with E-state index in [2.05, 4.69) is 5.32 Å². The van der Waals surface area contributed by atoms with Gasteiger partial charge in [0.2, 0.25) is 0 Å². The van der Waals surface area contributed by atoms with Gasteiger partial charge in [0.15, 0.2) is 0 Å². The van der Waals surface area contributed by atoms with Crippen LogP contribution in [0.25, 0.3) is 0 Å². The number of alkyl halides is 2. The average Bonchev–Trinajstić information content (AvgIpc) is 2.43. The van der Waals surface area contributed by atoms with E-state index in [0.717, 1.165) is 18.2 Å². The van der Waals surface area contributed by atoms with Gasteiger partial charge in [-0.3, -0.25) is 4.90 Å². The summed E-state index contributed by atoms with van der Waals surface area (Å²) in [5.41, 5.74) is -0.687. The number of benzene rings is 1. The van der Waals surface area contributed by atoms with Crippen LogP contribution in [0, 0.1) is 11.6 Å². The normalized spacial score (nSPS) is 19.1. The predicted molar refractivity (Wildman–Crippen MR) is 65.6 cm³/mol. The monoisotopic (exact) mass is 292 g/mol. The Balaban J connectivity index is 2.45. The highest BCUT2D eigenvalue weighted by Crippen LogP contribution is 2.38. The van der Waals surface area contributed by atoms with E-state index in [1.54, 1.807) is 0 Å². The zero-order valence-electron chi connectivity index (χ0n) is 10.8. The molecule has 1 fully saturated rings. The number of hydrogen-bond acceptors (Lipinski definition) is 3. The molecule has 0 unspecified atom stereocenters. The Kier molecular flexibility index (Phi) is 4.62. The Morgan fingerprint density at radius 2 is 1.75 bits per heavy atom. The molecule has 0 aliphatic carbocycles. The van der Waals surface area contributed by atoms with Gasteiger partial charge < -0.3 is 10.4 Å². The van der Waals surface area contributed by atoms with Crippen LogP contribution in [0.2, 0.25) is 0 Å². The van der Waals surface area contributed by atoms with E-state index in [0.29, 0.717) is 13.1 Å². The van der Waals surface area contributed by atoms with Crippen molar-refractivity contribution < 1.29 is 22.7 Å². The van der Waals surface area contributed by atoms with Gasteiger partial charge >= 0.3 is 0 Å². The van der Waals surface area contributed by atoms with Crippen molar-refractivity contribution in [3.8, 4) is 0 Å². The lowest BCUT2D eigenvalue weighted by Gasteiger charge is -2.38. The number of hydrogen-bond donors (Lipinski definition) is 2. The first kappa shape index (κ1) is 15.2. The molecule has 0 radical (unpaired) electrons. The summed E-state index contributed by atoms with van der Waals surface area (Å²) in [5, 5.41) is 11.9. The maximum Gasteiger partial charge on any atom is 0.290 e. The molecule has 3 nitrogen and oxygen atoms in total. The average molecular weight is 292 g/mol. The summed E-state index contributed by atoms with van der Waals surface area (Å²) >= 11 is 0. The molecular formula is C13H16F4N2O. The number of nitrogens with one attached hydrogen (secondary N) is 1. The van der Waals surface area contributed by atoms with Crippen molar-refractivity contribution in [2.45, 2.75) is 12.0 Å². The predicted octanol–water partition coefficient (Wildman–Crippen LogP) is 1.54. The van der Waals surface area contributed by atoms with Crippen molar-refractivity contribution >= 4 is 0 Å². The number of rotatable bonds is 4. The zero-order chi connectivity index (χ0) is 14.8. The van der Waals surface area contributed by atoms with Crippen molar-refractivity contribution in [2.24, 2.45) is 0 Å². The molecule has 0 bridgehead atoms. The van der Waals surface area contributed by atoms with Crippen molar-refractivity contribution in [3.05, 3.63) is 35.4 Å². The van der Waals surface area contributed by atoms with Crippen molar-refractivity contribution in [1.29, 1.82) is 0 Å². The fraction of sp³-hybridized carbons (Fsp3) is 0.538. The fourth-order valence-electron chi connectivity index (χ4n) is 2.46. The fourth-order valence-corrected chi connectivity index (χ4v) is 2.46. The molecule has 1 saturated heterocycles. The lowest BCUT2D eigenvalue weighted by atomic mass is 9.97. The van der Waals surface area contributed by atoms with Gasteiger partial charge in [0.05, 0.1) is 0 Å². The molecule has 1 atom stereocenters. The first-order chi connectivity index (χ1) is 9.47. The van der Waals surface area contributed by atoms with Gasteiger partial charge in [-0.1, -0.05) is 6.07 Å². The summed E-state index contributed by atoms with van der Waals surface area (Å²) in [6.07, 6.45) is 0. The van der Waals surface area contributed by atoms with Gasteiger partial charge in [-0.25, -0.2) is 17.6 Å². The van der Waals surface area contributed by atoms with Gasteiger partial charge in [0, 0.05) is 31.7 Å². The molecule has 2 N–H and O–H groups in total. The number of aliphatic hydroxyl groups excluding tert-OH is 1. The SMILES string of the molecule is OCC(F)(F)[C@H](c1c(F)cccc1F)N1CCNCC1. The molecule has 1 aliphatic heterocycles. The van der Waals surface area contributed by atoms with Crippen LogP contribution in [-0.4, -0.2) is 48.7 Å². The van der Waals surface area contributed by atoms with E-state index in [1.807, 2.05) is 0 Å². The molecule has 0 spiro atoms. The third kappa shape index (κ3) is 2.94. The first-order valence-corrected chi connectivity index (χ1v) is 6.34. The van der Waals surface area contributed by atoms with Crippen LogP contribution in [0.3, 0.4) is 0 Å². The minimum atomic E-state index is -3.62. The first-order valence-electron chi connectivity index (χ1n) is 6.34. The zero-order valence-corrected chi connectivity index (χ0v) is 10.8. The minimum Gasteiger partial charge on any atom is -0.390 e. The Morgan fingerprint density at radius 1 is 1.20 bits per heavy atom. The quantitative estimate of drug-likeness (QED) is 0.826. The van der Waals surface area contributed by atoms with Gasteiger partial charge in [-0.2, -0.15) is 0 Å². The highest BCUT2D eigenvalue weighted by Gasteiger charge is 2.46. The summed E-state index contributed by atoms with van der Waals surface area (Å²) < 4.78 is 55.7. The van der Waals surface area contributed by atoms with E-state index in [-0.39, 0.29) is 13.1 Å². The van der Waals surface area contributed by atoms with E-state index in [1.165, 1.54) is 4.90 Å². The maximum atomic E-state index is 14.0. The lowest BCUT2D eigenvalue weighted by molar-refractivity contribution is -0.120. The standard InChI is InChI=1S/C13H16F4N2O/c14-9-2-1-3-10(15)11(9)12(13(16,17)8-20)19-6-4-18-5-7-19/h1-3,12,18,20H,4-8H2/t12-/m0/s1. The number of halogens is 4. The smallest absolute Gasteiger partial charge is 0.290 e. The largest absolute Gasteiger partial charge is 0.390 e. The highest BCUT2D eigenvalue weighted by atomic mass is 19.3. The van der Waals surface area contributed by atoms with Gasteiger partial charge in [-0.15, -0.1) is 0 Å². The third-order valence-electron chi connectivity index (χ3n) is 3.40. The van der Waals surface area contributed by atoms with Crippen LogP contribution >= 0.6 is 0 Å². The second-order valence-electron chi connectivity index (χ2n) is 4.74. The van der Waals surface area contributed by atoms with E-state index < -0.39 is 35.8 Å². The Hall–Kier alpha value is -1.18. The van der Waals surface area contributed by atoms with Crippen molar-refractivity contribution in [1.82, 2.24) is 10.2 Å². The molecule has 2 rings (SSSR count). The van der Waals surface area contributed by atoms with Crippen molar-refractivity contribution in [3.63, 3.8) is 0 Å². The molecule has 7 heteroatoms. The van der Waals surface area contributed by atoms with Crippen LogP contribution in [0.15, 0.2) is 18.2 Å². The third-order valence-corrected chi connectivity index (χ3v) is 3.40. The molecule has 20 heavy (non-hydrogen) atoms. The lowest BCUT2D eigenvalue weighted by Crippen LogP contribution is -2.51. The summed E-state index contributed by atoms with van der Waals surface area (Å²) in [6, 6.07) is 1.21. The summed E-state index contributed by atoms with van der Waals surface area (Å²) in [4.78, 5) is 1.30. The number of piperazine rings is 1.